The van der Waals surface area contributed by atoms with E-state index in [9.17, 15) is 0 Å². The van der Waals surface area contributed by atoms with Crippen molar-refractivity contribution in [3.05, 3.63) is 45.3 Å². The average molecular weight is 408 g/mol. The smallest absolute Gasteiger partial charge is 0.0325 e. The molecule has 0 nitrogen and oxygen atoms in total. The summed E-state index contributed by atoms with van der Waals surface area (Å²) >= 11 is 17.4. The molecule has 0 saturated heterocycles. The molecule has 2 aromatic rings. The van der Waals surface area contributed by atoms with Gasteiger partial charge in [-0.3, -0.25) is 0 Å². The van der Waals surface area contributed by atoms with Crippen LogP contribution in [0.25, 0.3) is 0 Å². The van der Waals surface area contributed by atoms with Gasteiger partial charge in [-0.15, -0.1) is 25.3 Å². The van der Waals surface area contributed by atoms with Crippen LogP contribution in [0, 0.1) is 0 Å². The molecule has 0 radical (unpaired) electrons. The van der Waals surface area contributed by atoms with Crippen LogP contribution in [0.5, 0.6) is 0 Å². The summed E-state index contributed by atoms with van der Waals surface area (Å²) in [5, 5.41) is 0. The number of thiol groups is 2. The normalized spacial score (nSPS) is 10.6. The Morgan fingerprint density at radius 2 is 1.18 bits per heavy atom. The number of hydrogen-bond donors (Lipinski definition) is 2. The lowest BCUT2D eigenvalue weighted by atomic mass is 10.4. The van der Waals surface area contributed by atoms with Gasteiger partial charge in [-0.05, 0) is 68.3 Å². The topological polar surface area (TPSA) is 0 Å². The van der Waals surface area contributed by atoms with Gasteiger partial charge >= 0.3 is 0 Å². The quantitative estimate of drug-likeness (QED) is 0.580. The molecule has 0 aliphatic heterocycles. The van der Waals surface area contributed by atoms with Gasteiger partial charge in [0.2, 0.25) is 0 Å². The minimum absolute atomic E-state index is 0.950. The molecule has 0 spiro atoms. The van der Waals surface area contributed by atoms with Crippen LogP contribution in [0.4, 0.5) is 0 Å². The zero-order valence-electron chi connectivity index (χ0n) is 8.52. The molecule has 0 atom stereocenters. The van der Waals surface area contributed by atoms with Gasteiger partial charge in [0.15, 0.2) is 0 Å². The summed E-state index contributed by atoms with van der Waals surface area (Å²) in [7, 11) is 0. The first kappa shape index (κ1) is 13.9. The second-order valence-electron chi connectivity index (χ2n) is 3.33. The van der Waals surface area contributed by atoms with Crippen molar-refractivity contribution in [2.75, 3.05) is 0 Å². The first-order chi connectivity index (χ1) is 8.06. The summed E-state index contributed by atoms with van der Waals surface area (Å²) in [6, 6.07) is 12.1. The molecule has 0 fully saturated rings. The van der Waals surface area contributed by atoms with Crippen molar-refractivity contribution in [1.82, 2.24) is 0 Å². The number of hydrogen-bond acceptors (Lipinski definition) is 3. The van der Waals surface area contributed by atoms with E-state index in [1.807, 2.05) is 24.3 Å². The summed E-state index contributed by atoms with van der Waals surface area (Å²) in [5.41, 5.74) is 0. The lowest BCUT2D eigenvalue weighted by molar-refractivity contribution is 1.28. The van der Waals surface area contributed by atoms with Crippen molar-refractivity contribution < 1.29 is 0 Å². The maximum Gasteiger partial charge on any atom is 0.0325 e. The van der Waals surface area contributed by atoms with Gasteiger partial charge < -0.3 is 0 Å². The second-order valence-corrected chi connectivity index (χ2v) is 7.16. The molecule has 0 aromatic heterocycles. The lowest BCUT2D eigenvalue weighted by Gasteiger charge is -2.07. The highest BCUT2D eigenvalue weighted by molar-refractivity contribution is 9.11. The SMILES string of the molecule is Sc1ccc(Sc2ccc(S)cc2Br)c(Br)c1. The highest BCUT2D eigenvalue weighted by Gasteiger charge is 2.06. The monoisotopic (exact) mass is 406 g/mol. The van der Waals surface area contributed by atoms with Gasteiger partial charge in [0, 0.05) is 28.5 Å². The van der Waals surface area contributed by atoms with Gasteiger partial charge in [-0.25, -0.2) is 0 Å². The molecule has 0 unspecified atom stereocenters. The largest absolute Gasteiger partial charge is 0.143 e. The number of halogens is 2. The molecular formula is C12H8Br2S3. The van der Waals surface area contributed by atoms with Gasteiger partial charge in [0.25, 0.3) is 0 Å². The van der Waals surface area contributed by atoms with Crippen molar-refractivity contribution in [1.29, 1.82) is 0 Å². The van der Waals surface area contributed by atoms with Crippen LogP contribution >= 0.6 is 68.9 Å². The first-order valence-corrected chi connectivity index (χ1v) is 8.01. The third-order valence-electron chi connectivity index (χ3n) is 2.05. The Labute approximate surface area is 133 Å². The molecule has 0 saturated carbocycles. The Kier molecular flexibility index (Phi) is 4.95. The molecule has 0 aliphatic rings. The molecule has 0 N–H and O–H groups in total. The van der Waals surface area contributed by atoms with Gasteiger partial charge in [0.05, 0.1) is 0 Å². The van der Waals surface area contributed by atoms with E-state index in [2.05, 4.69) is 69.3 Å². The van der Waals surface area contributed by atoms with Crippen LogP contribution in [0.3, 0.4) is 0 Å². The first-order valence-electron chi connectivity index (χ1n) is 4.71. The molecule has 88 valence electrons. The molecule has 0 aliphatic carbocycles. The summed E-state index contributed by atoms with van der Waals surface area (Å²) in [4.78, 5) is 4.22. The fraction of sp³-hybridized carbons (Fsp3) is 0. The summed E-state index contributed by atoms with van der Waals surface area (Å²) in [6.45, 7) is 0. The Morgan fingerprint density at radius 3 is 1.53 bits per heavy atom. The highest BCUT2D eigenvalue weighted by Crippen LogP contribution is 2.38. The minimum Gasteiger partial charge on any atom is -0.143 e. The van der Waals surface area contributed by atoms with Crippen LogP contribution in [0.2, 0.25) is 0 Å². The zero-order chi connectivity index (χ0) is 12.4. The Balaban J connectivity index is 2.31. The van der Waals surface area contributed by atoms with E-state index in [-0.39, 0.29) is 0 Å². The predicted octanol–water partition coefficient (Wildman–Crippen LogP) is 5.94. The van der Waals surface area contributed by atoms with E-state index in [4.69, 9.17) is 0 Å². The van der Waals surface area contributed by atoms with E-state index in [0.717, 1.165) is 28.5 Å². The van der Waals surface area contributed by atoms with Crippen molar-refractivity contribution in [2.24, 2.45) is 0 Å². The molecule has 0 heterocycles. The van der Waals surface area contributed by atoms with Gasteiger partial charge in [0.1, 0.15) is 0 Å². The van der Waals surface area contributed by atoms with Crippen molar-refractivity contribution in [3.8, 4) is 0 Å². The van der Waals surface area contributed by atoms with Crippen molar-refractivity contribution in [2.45, 2.75) is 19.6 Å². The summed E-state index contributed by atoms with van der Waals surface area (Å²) in [6.07, 6.45) is 0. The van der Waals surface area contributed by atoms with Crippen LogP contribution < -0.4 is 0 Å². The Bertz CT molecular complexity index is 506. The van der Waals surface area contributed by atoms with Crippen LogP contribution in [-0.4, -0.2) is 0 Å². The standard InChI is InChI=1S/C12H8Br2S3/c13-9-5-7(15)1-3-11(9)17-12-4-2-8(16)6-10(12)14/h1-6,15-16H. The van der Waals surface area contributed by atoms with E-state index in [1.165, 1.54) is 0 Å². The number of rotatable bonds is 2. The maximum absolute atomic E-state index is 4.30. The van der Waals surface area contributed by atoms with Crippen molar-refractivity contribution in [3.63, 3.8) is 0 Å². The molecule has 5 heteroatoms. The molecule has 17 heavy (non-hydrogen) atoms. The lowest BCUT2D eigenvalue weighted by Crippen LogP contribution is -1.79. The van der Waals surface area contributed by atoms with Gasteiger partial charge in [-0.1, -0.05) is 11.8 Å². The maximum atomic E-state index is 4.30. The summed E-state index contributed by atoms with van der Waals surface area (Å²) in [5.74, 6) is 0. The fourth-order valence-electron chi connectivity index (χ4n) is 1.26. The van der Waals surface area contributed by atoms with Crippen molar-refractivity contribution >= 4 is 68.9 Å². The highest BCUT2D eigenvalue weighted by atomic mass is 79.9. The number of benzene rings is 2. The van der Waals surface area contributed by atoms with Gasteiger partial charge in [-0.2, -0.15) is 0 Å². The third kappa shape index (κ3) is 3.70. The minimum atomic E-state index is 0.950. The average Bonchev–Trinajstić information content (AvgIpc) is 2.25. The molecule has 2 aromatic carbocycles. The third-order valence-corrected chi connectivity index (χ3v) is 5.60. The molecule has 0 bridgehead atoms. The van der Waals surface area contributed by atoms with E-state index in [0.29, 0.717) is 0 Å². The Hall–Kier alpha value is 0.450. The van der Waals surface area contributed by atoms with Crippen LogP contribution in [-0.2, 0) is 0 Å². The summed E-state index contributed by atoms with van der Waals surface area (Å²) < 4.78 is 2.11. The van der Waals surface area contributed by atoms with E-state index >= 15 is 0 Å². The molecule has 2 rings (SSSR count). The fourth-order valence-corrected chi connectivity index (χ4v) is 4.09. The van der Waals surface area contributed by atoms with Crippen LogP contribution in [0.15, 0.2) is 64.9 Å². The second kappa shape index (κ2) is 6.06. The molecular weight excluding hydrogens is 400 g/mol. The predicted molar refractivity (Wildman–Crippen MR) is 86.9 cm³/mol. The molecule has 0 amide bonds. The van der Waals surface area contributed by atoms with E-state index < -0.39 is 0 Å². The van der Waals surface area contributed by atoms with E-state index in [1.54, 1.807) is 11.8 Å². The van der Waals surface area contributed by atoms with Crippen LogP contribution in [0.1, 0.15) is 0 Å². The zero-order valence-corrected chi connectivity index (χ0v) is 14.3. The Morgan fingerprint density at radius 1 is 0.765 bits per heavy atom.